The number of benzene rings is 1. The second-order valence-electron chi connectivity index (χ2n) is 5.37. The van der Waals surface area contributed by atoms with Gasteiger partial charge >= 0.3 is 11.9 Å². The third kappa shape index (κ3) is 4.36. The van der Waals surface area contributed by atoms with Crippen molar-refractivity contribution in [3.8, 4) is 0 Å². The molecule has 0 aliphatic rings. The molecule has 1 amide bonds. The highest BCUT2D eigenvalue weighted by molar-refractivity contribution is 6.35. The van der Waals surface area contributed by atoms with E-state index in [1.54, 1.807) is 19.9 Å². The first-order valence-electron chi connectivity index (χ1n) is 7.44. The Morgan fingerprint density at radius 2 is 1.85 bits per heavy atom. The Bertz CT molecular complexity index is 876. The maximum atomic E-state index is 12.2. The van der Waals surface area contributed by atoms with Crippen molar-refractivity contribution in [3.63, 3.8) is 0 Å². The topological polar surface area (TPSA) is 97.5 Å². The van der Waals surface area contributed by atoms with E-state index in [0.29, 0.717) is 27.0 Å². The number of carbonyl (C=O) groups is 3. The Labute approximate surface area is 159 Å². The van der Waals surface area contributed by atoms with Crippen molar-refractivity contribution in [2.24, 2.45) is 0 Å². The molecular formula is C17H16Cl2N2O5. The van der Waals surface area contributed by atoms with E-state index >= 15 is 0 Å². The van der Waals surface area contributed by atoms with Crippen LogP contribution < -0.4 is 5.32 Å². The molecule has 2 aromatic rings. The molecule has 2 rings (SSSR count). The summed E-state index contributed by atoms with van der Waals surface area (Å²) < 4.78 is 9.66. The number of ether oxygens (including phenoxy) is 2. The molecule has 7 nitrogen and oxygen atoms in total. The summed E-state index contributed by atoms with van der Waals surface area (Å²) in [6.45, 7) is 2.68. The number of hydrogen-bond donors (Lipinski definition) is 2. The molecule has 0 radical (unpaired) electrons. The van der Waals surface area contributed by atoms with Crippen molar-refractivity contribution in [1.82, 2.24) is 4.98 Å². The third-order valence-electron chi connectivity index (χ3n) is 3.57. The fourth-order valence-corrected chi connectivity index (χ4v) is 2.68. The molecule has 0 bridgehead atoms. The monoisotopic (exact) mass is 398 g/mol. The van der Waals surface area contributed by atoms with Gasteiger partial charge < -0.3 is 19.8 Å². The van der Waals surface area contributed by atoms with Gasteiger partial charge in [-0.05, 0) is 37.6 Å². The van der Waals surface area contributed by atoms with E-state index in [1.165, 1.54) is 19.2 Å². The van der Waals surface area contributed by atoms with E-state index in [4.69, 9.17) is 27.9 Å². The number of esters is 2. The lowest BCUT2D eigenvalue weighted by Crippen LogP contribution is -2.21. The van der Waals surface area contributed by atoms with Gasteiger partial charge in [-0.3, -0.25) is 4.79 Å². The number of halogens is 2. The zero-order valence-electron chi connectivity index (χ0n) is 14.2. The Kier molecular flexibility index (Phi) is 6.28. The molecule has 26 heavy (non-hydrogen) atoms. The number of H-pyrrole nitrogens is 1. The summed E-state index contributed by atoms with van der Waals surface area (Å²) in [5.41, 5.74) is 1.50. The normalized spacial score (nSPS) is 10.3. The highest BCUT2D eigenvalue weighted by atomic mass is 35.5. The summed E-state index contributed by atoms with van der Waals surface area (Å²) in [4.78, 5) is 38.6. The van der Waals surface area contributed by atoms with Crippen molar-refractivity contribution in [1.29, 1.82) is 0 Å². The van der Waals surface area contributed by atoms with E-state index in [0.717, 1.165) is 0 Å². The number of anilines is 1. The lowest BCUT2D eigenvalue weighted by atomic mass is 10.1. The van der Waals surface area contributed by atoms with Crippen molar-refractivity contribution in [2.45, 2.75) is 13.8 Å². The summed E-state index contributed by atoms with van der Waals surface area (Å²) in [5.74, 6) is -1.92. The molecule has 0 saturated heterocycles. The van der Waals surface area contributed by atoms with Gasteiger partial charge in [-0.25, -0.2) is 9.59 Å². The van der Waals surface area contributed by atoms with Gasteiger partial charge in [0.15, 0.2) is 6.61 Å². The Morgan fingerprint density at radius 1 is 1.15 bits per heavy atom. The van der Waals surface area contributed by atoms with Crippen LogP contribution in [0.5, 0.6) is 0 Å². The maximum absolute atomic E-state index is 12.2. The lowest BCUT2D eigenvalue weighted by Gasteiger charge is -2.08. The summed E-state index contributed by atoms with van der Waals surface area (Å²) in [7, 11) is 1.25. The van der Waals surface area contributed by atoms with Gasteiger partial charge in [0.05, 0.1) is 23.4 Å². The van der Waals surface area contributed by atoms with Crippen molar-refractivity contribution >= 4 is 46.7 Å². The molecule has 1 aromatic heterocycles. The van der Waals surface area contributed by atoms with E-state index in [9.17, 15) is 14.4 Å². The lowest BCUT2D eigenvalue weighted by molar-refractivity contribution is -0.119. The summed E-state index contributed by atoms with van der Waals surface area (Å²) in [5, 5.41) is 3.20. The number of nitrogens with one attached hydrogen (secondary N) is 2. The van der Waals surface area contributed by atoms with Gasteiger partial charge in [-0.1, -0.05) is 23.2 Å². The highest BCUT2D eigenvalue weighted by Gasteiger charge is 2.23. The van der Waals surface area contributed by atoms with Crippen LogP contribution in [-0.2, 0) is 14.3 Å². The smallest absolute Gasteiger partial charge is 0.355 e. The van der Waals surface area contributed by atoms with Gasteiger partial charge in [0.1, 0.15) is 5.69 Å². The Morgan fingerprint density at radius 3 is 2.50 bits per heavy atom. The van der Waals surface area contributed by atoms with Crippen LogP contribution in [-0.4, -0.2) is 36.5 Å². The Hall–Kier alpha value is -2.51. The van der Waals surface area contributed by atoms with Gasteiger partial charge in [-0.15, -0.1) is 0 Å². The largest absolute Gasteiger partial charge is 0.465 e. The number of amides is 1. The molecule has 2 N–H and O–H groups in total. The van der Waals surface area contributed by atoms with Gasteiger partial charge in [0, 0.05) is 10.7 Å². The van der Waals surface area contributed by atoms with Crippen LogP contribution >= 0.6 is 23.2 Å². The quantitative estimate of drug-likeness (QED) is 0.750. The van der Waals surface area contributed by atoms with Gasteiger partial charge in [0.2, 0.25) is 0 Å². The molecule has 0 atom stereocenters. The van der Waals surface area contributed by atoms with E-state index in [1.807, 2.05) is 0 Å². The average Bonchev–Trinajstić information content (AvgIpc) is 2.90. The summed E-state index contributed by atoms with van der Waals surface area (Å²) in [6.07, 6.45) is 0. The van der Waals surface area contributed by atoms with Gasteiger partial charge in [0.25, 0.3) is 5.91 Å². The van der Waals surface area contributed by atoms with Crippen molar-refractivity contribution in [2.75, 3.05) is 19.0 Å². The fraction of sp³-hybridized carbons (Fsp3) is 0.235. The molecule has 0 saturated carbocycles. The van der Waals surface area contributed by atoms with Crippen LogP contribution in [0.3, 0.4) is 0 Å². The highest BCUT2D eigenvalue weighted by Crippen LogP contribution is 2.25. The Balaban J connectivity index is 2.04. The molecule has 1 heterocycles. The van der Waals surface area contributed by atoms with Crippen molar-refractivity contribution in [3.05, 3.63) is 50.8 Å². The first kappa shape index (κ1) is 19.8. The zero-order chi connectivity index (χ0) is 19.4. The minimum Gasteiger partial charge on any atom is -0.465 e. The minimum atomic E-state index is -0.770. The summed E-state index contributed by atoms with van der Waals surface area (Å²) in [6, 6.07) is 4.59. The molecule has 0 fully saturated rings. The van der Waals surface area contributed by atoms with Crippen LogP contribution in [0.4, 0.5) is 5.69 Å². The van der Waals surface area contributed by atoms with E-state index in [2.05, 4.69) is 15.0 Å². The zero-order valence-corrected chi connectivity index (χ0v) is 15.7. The van der Waals surface area contributed by atoms with Crippen LogP contribution in [0.25, 0.3) is 0 Å². The number of methoxy groups -OCH3 is 1. The number of aryl methyl sites for hydroxylation is 1. The average molecular weight is 399 g/mol. The molecule has 0 unspecified atom stereocenters. The van der Waals surface area contributed by atoms with E-state index < -0.39 is 24.5 Å². The first-order valence-corrected chi connectivity index (χ1v) is 8.19. The number of aromatic amines is 1. The molecular weight excluding hydrogens is 383 g/mol. The first-order chi connectivity index (χ1) is 12.2. The maximum Gasteiger partial charge on any atom is 0.355 e. The van der Waals surface area contributed by atoms with Crippen LogP contribution in [0.1, 0.15) is 32.1 Å². The summed E-state index contributed by atoms with van der Waals surface area (Å²) >= 11 is 11.8. The van der Waals surface area contributed by atoms with E-state index in [-0.39, 0.29) is 11.3 Å². The van der Waals surface area contributed by atoms with Crippen LogP contribution in [0, 0.1) is 13.8 Å². The van der Waals surface area contributed by atoms with Gasteiger partial charge in [-0.2, -0.15) is 0 Å². The molecule has 138 valence electrons. The predicted molar refractivity (Wildman–Crippen MR) is 97.0 cm³/mol. The number of carbonyl (C=O) groups excluding carboxylic acids is 3. The molecule has 0 aliphatic heterocycles. The fourth-order valence-electron chi connectivity index (χ4n) is 2.35. The molecule has 1 aromatic carbocycles. The third-order valence-corrected chi connectivity index (χ3v) is 4.13. The number of aromatic nitrogens is 1. The number of hydrogen-bond acceptors (Lipinski definition) is 5. The minimum absolute atomic E-state index is 0.0801. The second kappa shape index (κ2) is 8.25. The predicted octanol–water partition coefficient (Wildman–Crippen LogP) is 3.52. The SMILES string of the molecule is COC(=O)c1c(C)[nH]c(C(=O)OCC(=O)Nc2cc(Cl)ccc2Cl)c1C. The van der Waals surface area contributed by atoms with Crippen LogP contribution in [0.15, 0.2) is 18.2 Å². The van der Waals surface area contributed by atoms with Crippen LogP contribution in [0.2, 0.25) is 10.0 Å². The molecule has 0 spiro atoms. The second-order valence-corrected chi connectivity index (χ2v) is 6.21. The molecule has 9 heteroatoms. The molecule has 0 aliphatic carbocycles. The standard InChI is InChI=1S/C17H16Cl2N2O5/c1-8-14(16(23)25-3)9(2)20-15(8)17(24)26-7-13(22)21-12-6-10(18)4-5-11(12)19/h4-6,20H,7H2,1-3H3,(H,21,22). The van der Waals surface area contributed by atoms with Crippen molar-refractivity contribution < 1.29 is 23.9 Å². The number of rotatable bonds is 5.